The van der Waals surface area contributed by atoms with Crippen LogP contribution in [0.1, 0.15) is 10.6 Å². The van der Waals surface area contributed by atoms with Crippen LogP contribution in [0.5, 0.6) is 11.6 Å². The molecule has 0 aliphatic carbocycles. The summed E-state index contributed by atoms with van der Waals surface area (Å²) < 4.78 is 10.5. The van der Waals surface area contributed by atoms with Gasteiger partial charge in [-0.2, -0.15) is 0 Å². The number of aromatic nitrogens is 2. The number of nitrogens with one attached hydrogen (secondary N) is 1. The van der Waals surface area contributed by atoms with Crippen LogP contribution in [-0.2, 0) is 17.8 Å². The fourth-order valence-electron chi connectivity index (χ4n) is 2.42. The fraction of sp³-hybridized carbons (Fsp3) is 0.357. The first kappa shape index (κ1) is 14.6. The molecule has 3 heterocycles. The second-order valence-corrected chi connectivity index (χ2v) is 5.81. The van der Waals surface area contributed by atoms with Gasteiger partial charge in [-0.25, -0.2) is 9.97 Å². The number of fused-ring (bicyclic) bond motifs is 1. The van der Waals surface area contributed by atoms with Crippen molar-refractivity contribution in [2.75, 3.05) is 31.0 Å². The first-order valence-corrected chi connectivity index (χ1v) is 7.58. The Bertz CT molecular complexity index is 689. The maximum atomic E-state index is 10.5. The lowest BCUT2D eigenvalue weighted by Gasteiger charge is -2.28. The highest BCUT2D eigenvalue weighted by Gasteiger charge is 2.22. The molecule has 0 atom stereocenters. The van der Waals surface area contributed by atoms with Crippen LogP contribution < -0.4 is 19.7 Å². The lowest BCUT2D eigenvalue weighted by atomic mass is 10.1. The summed E-state index contributed by atoms with van der Waals surface area (Å²) in [6, 6.07) is 1.92. The largest absolute Gasteiger partial charge is 0.491 e. The molecule has 22 heavy (non-hydrogen) atoms. The van der Waals surface area contributed by atoms with Gasteiger partial charge in [-0.1, -0.05) is 11.3 Å². The van der Waals surface area contributed by atoms with Crippen LogP contribution in [-0.4, -0.2) is 37.1 Å². The minimum atomic E-state index is 0.471. The molecule has 0 aromatic carbocycles. The quantitative estimate of drug-likeness (QED) is 0.845. The van der Waals surface area contributed by atoms with E-state index in [-0.39, 0.29) is 0 Å². The number of amides is 1. The monoisotopic (exact) mass is 320 g/mol. The fourth-order valence-corrected chi connectivity index (χ4v) is 3.40. The smallest absolute Gasteiger partial charge is 0.256 e. The second kappa shape index (κ2) is 6.18. The summed E-state index contributed by atoms with van der Waals surface area (Å²) in [4.78, 5) is 22.6. The average Bonchev–Trinajstić information content (AvgIpc) is 2.96. The summed E-state index contributed by atoms with van der Waals surface area (Å²) in [6.45, 7) is 1.58. The number of nitrogens with zero attached hydrogens (tertiary/aromatic N) is 3. The summed E-state index contributed by atoms with van der Waals surface area (Å²) in [5, 5.41) is 3.26. The van der Waals surface area contributed by atoms with Crippen LogP contribution in [0, 0.1) is 0 Å². The summed E-state index contributed by atoms with van der Waals surface area (Å²) in [6.07, 6.45) is 3.26. The predicted octanol–water partition coefficient (Wildman–Crippen LogP) is 1.69. The molecule has 1 N–H and O–H groups in total. The minimum Gasteiger partial charge on any atom is -0.491 e. The second-order valence-electron chi connectivity index (χ2n) is 4.73. The first-order valence-electron chi connectivity index (χ1n) is 6.77. The average molecular weight is 320 g/mol. The van der Waals surface area contributed by atoms with E-state index in [2.05, 4.69) is 20.2 Å². The number of carbonyl (C=O) groups is 1. The first-order chi connectivity index (χ1) is 10.7. The van der Waals surface area contributed by atoms with E-state index in [1.165, 1.54) is 11.3 Å². The van der Waals surface area contributed by atoms with Crippen LogP contribution in [0.15, 0.2) is 12.3 Å². The van der Waals surface area contributed by atoms with Crippen molar-refractivity contribution in [3.63, 3.8) is 0 Å². The molecule has 0 unspecified atom stereocenters. The minimum absolute atomic E-state index is 0.471. The Morgan fingerprint density at radius 3 is 3.00 bits per heavy atom. The lowest BCUT2D eigenvalue weighted by molar-refractivity contribution is -0.105. The van der Waals surface area contributed by atoms with Crippen LogP contribution in [0.2, 0.25) is 0 Å². The molecular formula is C14H16N4O3S. The molecule has 0 bridgehead atoms. The van der Waals surface area contributed by atoms with E-state index in [1.54, 1.807) is 20.4 Å². The van der Waals surface area contributed by atoms with Gasteiger partial charge in [0.2, 0.25) is 6.41 Å². The van der Waals surface area contributed by atoms with Gasteiger partial charge in [-0.3, -0.25) is 4.79 Å². The third kappa shape index (κ3) is 2.69. The van der Waals surface area contributed by atoms with Gasteiger partial charge in [-0.15, -0.1) is 0 Å². The van der Waals surface area contributed by atoms with E-state index in [1.807, 2.05) is 6.07 Å². The summed E-state index contributed by atoms with van der Waals surface area (Å²) in [5.41, 5.74) is 2.03. The van der Waals surface area contributed by atoms with Gasteiger partial charge >= 0.3 is 0 Å². The number of hydrogen-bond acceptors (Lipinski definition) is 7. The highest BCUT2D eigenvalue weighted by molar-refractivity contribution is 7.15. The Balaban J connectivity index is 1.83. The highest BCUT2D eigenvalue weighted by Crippen LogP contribution is 2.33. The van der Waals surface area contributed by atoms with E-state index in [9.17, 15) is 4.79 Å². The number of carbonyl (C=O) groups excluding carboxylic acids is 1. The maximum Gasteiger partial charge on any atom is 0.256 e. The van der Waals surface area contributed by atoms with Crippen molar-refractivity contribution in [2.45, 2.75) is 13.0 Å². The number of pyridine rings is 1. The van der Waals surface area contributed by atoms with Crippen molar-refractivity contribution >= 4 is 28.6 Å². The zero-order valence-corrected chi connectivity index (χ0v) is 13.1. The number of methoxy groups -OCH3 is 2. The number of ether oxygens (including phenoxy) is 2. The molecule has 7 nitrogen and oxygen atoms in total. The van der Waals surface area contributed by atoms with Gasteiger partial charge in [0.15, 0.2) is 10.9 Å². The predicted molar refractivity (Wildman–Crippen MR) is 83.9 cm³/mol. The van der Waals surface area contributed by atoms with Crippen LogP contribution >= 0.6 is 11.3 Å². The van der Waals surface area contributed by atoms with Crippen molar-refractivity contribution < 1.29 is 14.3 Å². The highest BCUT2D eigenvalue weighted by atomic mass is 32.1. The molecule has 0 fully saturated rings. The third-order valence-electron chi connectivity index (χ3n) is 3.50. The van der Waals surface area contributed by atoms with Crippen molar-refractivity contribution in [1.82, 2.24) is 9.97 Å². The van der Waals surface area contributed by atoms with Crippen molar-refractivity contribution in [3.05, 3.63) is 22.8 Å². The molecule has 1 aliphatic rings. The summed E-state index contributed by atoms with van der Waals surface area (Å²) in [7, 11) is 3.16. The topological polar surface area (TPSA) is 76.6 Å². The molecule has 0 saturated heterocycles. The molecule has 8 heteroatoms. The third-order valence-corrected chi connectivity index (χ3v) is 4.51. The zero-order chi connectivity index (χ0) is 15.5. The molecule has 1 amide bonds. The van der Waals surface area contributed by atoms with Gasteiger partial charge in [0.25, 0.3) is 5.88 Å². The Morgan fingerprint density at radius 1 is 1.41 bits per heavy atom. The number of anilines is 2. The van der Waals surface area contributed by atoms with Crippen LogP contribution in [0.3, 0.4) is 0 Å². The van der Waals surface area contributed by atoms with E-state index >= 15 is 0 Å². The van der Waals surface area contributed by atoms with E-state index in [4.69, 9.17) is 9.47 Å². The molecule has 0 spiro atoms. The lowest BCUT2D eigenvalue weighted by Crippen LogP contribution is -2.29. The van der Waals surface area contributed by atoms with Gasteiger partial charge < -0.3 is 19.7 Å². The van der Waals surface area contributed by atoms with Crippen molar-refractivity contribution in [2.24, 2.45) is 0 Å². The molecule has 0 saturated carbocycles. The van der Waals surface area contributed by atoms with Crippen molar-refractivity contribution in [1.29, 1.82) is 0 Å². The number of hydrogen-bond donors (Lipinski definition) is 1. The number of thiazole rings is 1. The van der Waals surface area contributed by atoms with E-state index in [0.717, 1.165) is 35.8 Å². The Morgan fingerprint density at radius 2 is 2.27 bits per heavy atom. The van der Waals surface area contributed by atoms with Gasteiger partial charge in [-0.05, 0) is 0 Å². The summed E-state index contributed by atoms with van der Waals surface area (Å²) >= 11 is 1.50. The normalized spacial score (nSPS) is 13.5. The zero-order valence-electron chi connectivity index (χ0n) is 12.3. The van der Waals surface area contributed by atoms with Gasteiger partial charge in [0.05, 0.1) is 38.3 Å². The SMILES string of the molecule is COc1cc(N2CCc3nc(NC=O)sc3C2)cnc1OC. The maximum absolute atomic E-state index is 10.5. The summed E-state index contributed by atoms with van der Waals surface area (Å²) in [5.74, 6) is 1.08. The van der Waals surface area contributed by atoms with Gasteiger partial charge in [0.1, 0.15) is 0 Å². The van der Waals surface area contributed by atoms with Crippen LogP contribution in [0.4, 0.5) is 10.8 Å². The Labute approximate surface area is 131 Å². The number of rotatable bonds is 5. The molecular weight excluding hydrogens is 304 g/mol. The van der Waals surface area contributed by atoms with Crippen molar-refractivity contribution in [3.8, 4) is 11.6 Å². The molecule has 2 aromatic rings. The Kier molecular flexibility index (Phi) is 4.10. The molecule has 0 radical (unpaired) electrons. The Hall–Kier alpha value is -2.35. The van der Waals surface area contributed by atoms with Gasteiger partial charge in [0, 0.05) is 23.9 Å². The molecule has 3 rings (SSSR count). The molecule has 1 aliphatic heterocycles. The van der Waals surface area contributed by atoms with E-state index in [0.29, 0.717) is 23.2 Å². The molecule has 116 valence electrons. The molecule has 2 aromatic heterocycles. The van der Waals surface area contributed by atoms with E-state index < -0.39 is 0 Å². The van der Waals surface area contributed by atoms with Crippen LogP contribution in [0.25, 0.3) is 0 Å². The standard InChI is InChI=1S/C14H16N4O3S/c1-20-11-5-9(6-15-13(11)21-2)18-4-3-10-12(7-18)22-14(17-10)16-8-19/h5-6,8H,3-4,7H2,1-2H3,(H,16,17,19).